The van der Waals surface area contributed by atoms with Crippen molar-refractivity contribution in [3.8, 4) is 0 Å². The van der Waals surface area contributed by atoms with Crippen LogP contribution in [-0.2, 0) is 22.5 Å². The molecule has 0 amide bonds. The lowest BCUT2D eigenvalue weighted by Crippen LogP contribution is -2.06. The average Bonchev–Trinajstić information content (AvgIpc) is 2.29. The first kappa shape index (κ1) is 9.40. The minimum absolute atomic E-state index is 0.150. The van der Waals surface area contributed by atoms with Crippen LogP contribution in [0.15, 0.2) is 0 Å². The normalized spacial score (nSPS) is 11.8. The third-order valence-electron chi connectivity index (χ3n) is 1.28. The Morgan fingerprint density at radius 1 is 1.58 bits per heavy atom. The summed E-state index contributed by atoms with van der Waals surface area (Å²) in [5, 5.41) is 10.5. The van der Waals surface area contributed by atoms with Crippen molar-refractivity contribution in [2.45, 2.75) is 6.42 Å². The van der Waals surface area contributed by atoms with Crippen molar-refractivity contribution in [2.24, 2.45) is 7.05 Å². The minimum Gasteiger partial charge on any atom is -0.233 e. The molecule has 0 N–H and O–H groups in total. The fraction of sp³-hybridized carbons (Fsp3) is 0.750. The molecule has 68 valence electrons. The fourth-order valence-corrected chi connectivity index (χ4v) is 1.33. The van der Waals surface area contributed by atoms with Gasteiger partial charge in [0, 0.05) is 24.2 Å². The van der Waals surface area contributed by atoms with Crippen LogP contribution in [0.3, 0.4) is 0 Å². The first-order chi connectivity index (χ1) is 5.49. The van der Waals surface area contributed by atoms with E-state index >= 15 is 0 Å². The second-order valence-electron chi connectivity index (χ2n) is 2.21. The summed E-state index contributed by atoms with van der Waals surface area (Å²) in [6, 6.07) is 0. The number of rotatable bonds is 3. The van der Waals surface area contributed by atoms with E-state index in [0.717, 1.165) is 0 Å². The average molecular weight is 211 g/mol. The van der Waals surface area contributed by atoms with Gasteiger partial charge >= 0.3 is 0 Å². The summed E-state index contributed by atoms with van der Waals surface area (Å²) < 4.78 is 22.5. The van der Waals surface area contributed by atoms with E-state index in [-0.39, 0.29) is 12.2 Å². The number of aryl methyl sites for hydroxylation is 2. The highest BCUT2D eigenvalue weighted by atomic mass is 35.7. The van der Waals surface area contributed by atoms with Gasteiger partial charge in [0.25, 0.3) is 0 Å². The van der Waals surface area contributed by atoms with Crippen molar-refractivity contribution in [3.05, 3.63) is 5.82 Å². The molecule has 0 spiro atoms. The van der Waals surface area contributed by atoms with Gasteiger partial charge in [-0.3, -0.25) is 0 Å². The van der Waals surface area contributed by atoms with Gasteiger partial charge in [-0.2, -0.15) is 0 Å². The van der Waals surface area contributed by atoms with Crippen LogP contribution in [0.2, 0.25) is 0 Å². The molecule has 0 fully saturated rings. The van der Waals surface area contributed by atoms with Crippen LogP contribution in [0.5, 0.6) is 0 Å². The lowest BCUT2D eigenvalue weighted by molar-refractivity contribution is 0.606. The van der Waals surface area contributed by atoms with Crippen molar-refractivity contribution < 1.29 is 8.42 Å². The van der Waals surface area contributed by atoms with Gasteiger partial charge in [0.05, 0.1) is 5.75 Å². The summed E-state index contributed by atoms with van der Waals surface area (Å²) in [6.45, 7) is 0. The molecular weight excluding hydrogens is 204 g/mol. The quantitative estimate of drug-likeness (QED) is 0.618. The van der Waals surface area contributed by atoms with Crippen LogP contribution in [-0.4, -0.2) is 34.4 Å². The molecule has 0 aromatic carbocycles. The standard InChI is InChI=1S/C4H7ClN4O2S/c1-9-4(6-7-8-9)2-3-12(5,10)11/h2-3H2,1H3. The molecule has 0 atom stereocenters. The summed E-state index contributed by atoms with van der Waals surface area (Å²) >= 11 is 0. The molecule has 1 aromatic heterocycles. The van der Waals surface area contributed by atoms with Gasteiger partial charge in [0.15, 0.2) is 5.82 Å². The van der Waals surface area contributed by atoms with E-state index in [4.69, 9.17) is 10.7 Å². The number of nitrogens with zero attached hydrogens (tertiary/aromatic N) is 4. The minimum atomic E-state index is -3.45. The van der Waals surface area contributed by atoms with Crippen LogP contribution in [0.1, 0.15) is 5.82 Å². The molecule has 0 aliphatic heterocycles. The summed E-state index contributed by atoms with van der Waals surface area (Å²) in [7, 11) is 3.18. The predicted octanol–water partition coefficient (Wildman–Crippen LogP) is -0.679. The molecule has 0 aliphatic carbocycles. The Labute approximate surface area is 73.9 Å². The van der Waals surface area contributed by atoms with Gasteiger partial charge in [0.2, 0.25) is 9.05 Å². The molecule has 0 unspecified atom stereocenters. The Balaban J connectivity index is 2.61. The molecule has 0 aliphatic rings. The molecule has 1 heterocycles. The molecular formula is C4H7ClN4O2S. The summed E-state index contributed by atoms with van der Waals surface area (Å²) in [5.41, 5.74) is 0. The van der Waals surface area contributed by atoms with E-state index in [1.165, 1.54) is 4.68 Å². The monoisotopic (exact) mass is 210 g/mol. The van der Waals surface area contributed by atoms with Crippen molar-refractivity contribution in [2.75, 3.05) is 5.75 Å². The first-order valence-corrected chi connectivity index (χ1v) is 5.60. The molecule has 12 heavy (non-hydrogen) atoms. The predicted molar refractivity (Wildman–Crippen MR) is 42.1 cm³/mol. The second-order valence-corrected chi connectivity index (χ2v) is 5.11. The van der Waals surface area contributed by atoms with Crippen molar-refractivity contribution in [1.29, 1.82) is 0 Å². The van der Waals surface area contributed by atoms with Crippen LogP contribution in [0, 0.1) is 0 Å². The lowest BCUT2D eigenvalue weighted by Gasteiger charge is -1.94. The lowest BCUT2D eigenvalue weighted by atomic mass is 10.5. The molecule has 6 nitrogen and oxygen atoms in total. The zero-order valence-electron chi connectivity index (χ0n) is 6.31. The zero-order chi connectivity index (χ0) is 9.19. The number of aromatic nitrogens is 4. The van der Waals surface area contributed by atoms with Crippen molar-refractivity contribution in [1.82, 2.24) is 20.2 Å². The summed E-state index contributed by atoms with van der Waals surface area (Å²) in [6.07, 6.45) is 0.231. The Bertz CT molecular complexity index is 359. The zero-order valence-corrected chi connectivity index (χ0v) is 7.88. The van der Waals surface area contributed by atoms with E-state index in [0.29, 0.717) is 5.82 Å². The fourth-order valence-electron chi connectivity index (χ4n) is 0.673. The molecule has 0 bridgehead atoms. The van der Waals surface area contributed by atoms with Crippen LogP contribution >= 0.6 is 10.7 Å². The van der Waals surface area contributed by atoms with E-state index < -0.39 is 9.05 Å². The molecule has 0 saturated carbocycles. The third-order valence-corrected chi connectivity index (χ3v) is 2.43. The number of hydrogen-bond acceptors (Lipinski definition) is 5. The summed E-state index contributed by atoms with van der Waals surface area (Å²) in [4.78, 5) is 0. The third kappa shape index (κ3) is 2.74. The highest BCUT2D eigenvalue weighted by Gasteiger charge is 2.09. The van der Waals surface area contributed by atoms with Crippen molar-refractivity contribution >= 4 is 19.7 Å². The van der Waals surface area contributed by atoms with Gasteiger partial charge < -0.3 is 0 Å². The smallest absolute Gasteiger partial charge is 0.233 e. The molecule has 8 heteroatoms. The van der Waals surface area contributed by atoms with Gasteiger partial charge in [-0.25, -0.2) is 13.1 Å². The van der Waals surface area contributed by atoms with Crippen LogP contribution in [0.25, 0.3) is 0 Å². The molecule has 0 radical (unpaired) electrons. The van der Waals surface area contributed by atoms with Crippen LogP contribution in [0.4, 0.5) is 0 Å². The van der Waals surface area contributed by atoms with Gasteiger partial charge in [-0.1, -0.05) is 0 Å². The first-order valence-electron chi connectivity index (χ1n) is 3.12. The van der Waals surface area contributed by atoms with E-state index in [1.54, 1.807) is 7.05 Å². The second kappa shape index (κ2) is 3.36. The Hall–Kier alpha value is -0.690. The Kier molecular flexibility index (Phi) is 2.63. The number of tetrazole rings is 1. The number of halogens is 1. The maximum absolute atomic E-state index is 10.5. The van der Waals surface area contributed by atoms with E-state index in [2.05, 4.69) is 15.5 Å². The molecule has 1 rings (SSSR count). The maximum Gasteiger partial charge on any atom is 0.233 e. The van der Waals surface area contributed by atoms with Crippen molar-refractivity contribution in [3.63, 3.8) is 0 Å². The van der Waals surface area contributed by atoms with Crippen LogP contribution < -0.4 is 0 Å². The largest absolute Gasteiger partial charge is 0.233 e. The SMILES string of the molecule is Cn1nnnc1CCS(=O)(=O)Cl. The van der Waals surface area contributed by atoms with E-state index in [9.17, 15) is 8.42 Å². The summed E-state index contributed by atoms with van der Waals surface area (Å²) in [5.74, 6) is 0.349. The Morgan fingerprint density at radius 2 is 2.25 bits per heavy atom. The molecule has 0 saturated heterocycles. The van der Waals surface area contributed by atoms with Gasteiger partial charge in [0.1, 0.15) is 0 Å². The molecule has 1 aromatic rings. The van der Waals surface area contributed by atoms with Gasteiger partial charge in [-0.15, -0.1) is 5.10 Å². The van der Waals surface area contributed by atoms with Gasteiger partial charge in [-0.05, 0) is 10.4 Å². The topological polar surface area (TPSA) is 77.7 Å². The maximum atomic E-state index is 10.5. The highest BCUT2D eigenvalue weighted by molar-refractivity contribution is 8.13. The Morgan fingerprint density at radius 3 is 2.67 bits per heavy atom. The van der Waals surface area contributed by atoms with E-state index in [1.807, 2.05) is 0 Å². The highest BCUT2D eigenvalue weighted by Crippen LogP contribution is 2.00. The number of hydrogen-bond donors (Lipinski definition) is 0.